The van der Waals surface area contributed by atoms with Crippen molar-refractivity contribution in [3.05, 3.63) is 23.0 Å². The maximum absolute atomic E-state index is 12.0. The van der Waals surface area contributed by atoms with Crippen LogP contribution in [0, 0.1) is 0 Å². The minimum absolute atomic E-state index is 0.0994. The Hall–Kier alpha value is -2.02. The molecule has 1 saturated carbocycles. The van der Waals surface area contributed by atoms with Crippen LogP contribution >= 0.6 is 11.6 Å². The third-order valence-electron chi connectivity index (χ3n) is 4.15. The third-order valence-corrected chi connectivity index (χ3v) is 4.36. The van der Waals surface area contributed by atoms with Gasteiger partial charge >= 0.3 is 6.09 Å². The Labute approximate surface area is 159 Å². The van der Waals surface area contributed by atoms with Gasteiger partial charge in [0.05, 0.1) is 11.3 Å². The normalized spacial score (nSPS) is 20.2. The fraction of sp³-hybridized carbons (Fsp3) is 0.611. The molecule has 0 atom stereocenters. The molecule has 1 aliphatic rings. The second-order valence-corrected chi connectivity index (χ2v) is 7.86. The number of ether oxygens (including phenoxy) is 1. The van der Waals surface area contributed by atoms with E-state index in [2.05, 4.69) is 20.9 Å². The van der Waals surface area contributed by atoms with Gasteiger partial charge in [0.15, 0.2) is 0 Å². The zero-order valence-electron chi connectivity index (χ0n) is 15.7. The number of nitrogens with one attached hydrogen (secondary N) is 3. The molecule has 1 aromatic rings. The molecule has 0 radical (unpaired) electrons. The van der Waals surface area contributed by atoms with Crippen LogP contribution in [-0.4, -0.2) is 41.7 Å². The molecule has 1 heterocycles. The lowest BCUT2D eigenvalue weighted by molar-refractivity contribution is 0.0492. The average Bonchev–Trinajstić information content (AvgIpc) is 2.54. The van der Waals surface area contributed by atoms with Crippen molar-refractivity contribution < 1.29 is 14.3 Å². The first-order valence-electron chi connectivity index (χ1n) is 8.81. The molecule has 1 aliphatic carbocycles. The van der Waals surface area contributed by atoms with Gasteiger partial charge in [-0.3, -0.25) is 4.79 Å². The highest BCUT2D eigenvalue weighted by Gasteiger charge is 2.25. The fourth-order valence-corrected chi connectivity index (χ4v) is 3.10. The van der Waals surface area contributed by atoms with E-state index >= 15 is 0 Å². The van der Waals surface area contributed by atoms with Crippen molar-refractivity contribution in [2.75, 3.05) is 12.4 Å². The number of halogens is 1. The molecule has 2 amide bonds. The van der Waals surface area contributed by atoms with Gasteiger partial charge in [-0.25, -0.2) is 9.78 Å². The first-order chi connectivity index (χ1) is 12.2. The number of aromatic nitrogens is 1. The van der Waals surface area contributed by atoms with E-state index in [0.29, 0.717) is 16.4 Å². The van der Waals surface area contributed by atoms with Crippen molar-refractivity contribution in [2.45, 2.75) is 64.1 Å². The standard InChI is InChI=1S/C18H27ClN4O3/c1-18(2,3)26-17(25)23-12-7-5-11(6-8-12)22-14-9-15(19)21-10-13(14)16(24)20-4/h9-12H,5-8H2,1-4H3,(H,20,24)(H,21,22)(H,23,25)/t11-,12+. The Morgan fingerprint density at radius 3 is 2.38 bits per heavy atom. The monoisotopic (exact) mass is 382 g/mol. The van der Waals surface area contributed by atoms with Gasteiger partial charge in [-0.1, -0.05) is 11.6 Å². The summed E-state index contributed by atoms with van der Waals surface area (Å²) < 4.78 is 5.30. The number of carbonyl (C=O) groups excluding carboxylic acids is 2. The summed E-state index contributed by atoms with van der Waals surface area (Å²) in [6.07, 6.45) is 4.51. The Bertz CT molecular complexity index is 652. The van der Waals surface area contributed by atoms with Gasteiger partial charge in [0.25, 0.3) is 5.91 Å². The van der Waals surface area contributed by atoms with Crippen molar-refractivity contribution in [3.63, 3.8) is 0 Å². The molecule has 0 bridgehead atoms. The summed E-state index contributed by atoms with van der Waals surface area (Å²) >= 11 is 5.97. The van der Waals surface area contributed by atoms with Crippen molar-refractivity contribution in [2.24, 2.45) is 0 Å². The van der Waals surface area contributed by atoms with Crippen LogP contribution in [-0.2, 0) is 4.74 Å². The molecule has 0 aliphatic heterocycles. The quantitative estimate of drug-likeness (QED) is 0.694. The van der Waals surface area contributed by atoms with E-state index in [1.165, 1.54) is 6.20 Å². The second-order valence-electron chi connectivity index (χ2n) is 7.47. The van der Waals surface area contributed by atoms with Crippen LogP contribution < -0.4 is 16.0 Å². The first kappa shape index (κ1) is 20.3. The van der Waals surface area contributed by atoms with Crippen LogP contribution in [0.1, 0.15) is 56.8 Å². The number of amides is 2. The topological polar surface area (TPSA) is 92.4 Å². The summed E-state index contributed by atoms with van der Waals surface area (Å²) in [4.78, 5) is 27.8. The third kappa shape index (κ3) is 6.05. The molecule has 1 aromatic heterocycles. The number of hydrogen-bond donors (Lipinski definition) is 3. The number of nitrogens with zero attached hydrogens (tertiary/aromatic N) is 1. The molecule has 0 saturated heterocycles. The second kappa shape index (κ2) is 8.58. The Kier molecular flexibility index (Phi) is 6.69. The van der Waals surface area contributed by atoms with Gasteiger partial charge in [0.1, 0.15) is 10.8 Å². The van der Waals surface area contributed by atoms with E-state index in [1.807, 2.05) is 20.8 Å². The van der Waals surface area contributed by atoms with Crippen molar-refractivity contribution in [3.8, 4) is 0 Å². The molecular formula is C18H27ClN4O3. The van der Waals surface area contributed by atoms with E-state index < -0.39 is 5.60 Å². The molecule has 2 rings (SSSR count). The number of hydrogen-bond acceptors (Lipinski definition) is 5. The van der Waals surface area contributed by atoms with Crippen LogP contribution in [0.2, 0.25) is 5.15 Å². The zero-order chi connectivity index (χ0) is 19.3. The van der Waals surface area contributed by atoms with Gasteiger partial charge in [-0.2, -0.15) is 0 Å². The van der Waals surface area contributed by atoms with Crippen molar-refractivity contribution in [1.29, 1.82) is 0 Å². The van der Waals surface area contributed by atoms with Crippen molar-refractivity contribution >= 4 is 29.3 Å². The average molecular weight is 383 g/mol. The van der Waals surface area contributed by atoms with Gasteiger partial charge in [0, 0.05) is 25.3 Å². The minimum atomic E-state index is -0.500. The summed E-state index contributed by atoms with van der Waals surface area (Å²) in [5.74, 6) is -0.211. The summed E-state index contributed by atoms with van der Waals surface area (Å²) in [5, 5.41) is 9.25. The van der Waals surface area contributed by atoms with Gasteiger partial charge in [0.2, 0.25) is 0 Å². The molecule has 0 spiro atoms. The van der Waals surface area contributed by atoms with E-state index in [1.54, 1.807) is 13.1 Å². The van der Waals surface area contributed by atoms with E-state index in [9.17, 15) is 9.59 Å². The lowest BCUT2D eigenvalue weighted by atomic mass is 9.91. The fourth-order valence-electron chi connectivity index (χ4n) is 2.94. The van der Waals surface area contributed by atoms with Crippen LogP contribution in [0.5, 0.6) is 0 Å². The van der Waals surface area contributed by atoms with E-state index in [0.717, 1.165) is 25.7 Å². The molecule has 26 heavy (non-hydrogen) atoms. The Morgan fingerprint density at radius 1 is 1.19 bits per heavy atom. The van der Waals surface area contributed by atoms with E-state index in [-0.39, 0.29) is 24.1 Å². The highest BCUT2D eigenvalue weighted by Crippen LogP contribution is 2.26. The molecule has 1 fully saturated rings. The van der Waals surface area contributed by atoms with E-state index in [4.69, 9.17) is 16.3 Å². The molecule has 144 valence electrons. The highest BCUT2D eigenvalue weighted by atomic mass is 35.5. The van der Waals surface area contributed by atoms with Gasteiger partial charge < -0.3 is 20.7 Å². The predicted molar refractivity (Wildman–Crippen MR) is 102 cm³/mol. The summed E-state index contributed by atoms with van der Waals surface area (Å²) in [7, 11) is 1.58. The van der Waals surface area contributed by atoms with Crippen LogP contribution in [0.25, 0.3) is 0 Å². The smallest absolute Gasteiger partial charge is 0.407 e. The maximum atomic E-state index is 12.0. The minimum Gasteiger partial charge on any atom is -0.444 e. The molecular weight excluding hydrogens is 356 g/mol. The van der Waals surface area contributed by atoms with Crippen LogP contribution in [0.15, 0.2) is 12.3 Å². The number of carbonyl (C=O) groups is 2. The summed E-state index contributed by atoms with van der Waals surface area (Å²) in [6, 6.07) is 1.97. The number of anilines is 1. The largest absolute Gasteiger partial charge is 0.444 e. The molecule has 0 unspecified atom stereocenters. The Morgan fingerprint density at radius 2 is 1.81 bits per heavy atom. The molecule has 0 aromatic carbocycles. The van der Waals surface area contributed by atoms with Crippen molar-refractivity contribution in [1.82, 2.24) is 15.6 Å². The maximum Gasteiger partial charge on any atom is 0.407 e. The first-order valence-corrected chi connectivity index (χ1v) is 9.19. The molecule has 7 nitrogen and oxygen atoms in total. The van der Waals surface area contributed by atoms with Crippen LogP contribution in [0.4, 0.5) is 10.5 Å². The Balaban J connectivity index is 1.90. The summed E-state index contributed by atoms with van der Waals surface area (Å²) in [5.41, 5.74) is 0.637. The molecule has 3 N–H and O–H groups in total. The van der Waals surface area contributed by atoms with Gasteiger partial charge in [-0.15, -0.1) is 0 Å². The lowest BCUT2D eigenvalue weighted by Crippen LogP contribution is -2.42. The highest BCUT2D eigenvalue weighted by molar-refractivity contribution is 6.29. The predicted octanol–water partition coefficient (Wildman–Crippen LogP) is 3.34. The van der Waals surface area contributed by atoms with Crippen LogP contribution in [0.3, 0.4) is 0 Å². The lowest BCUT2D eigenvalue weighted by Gasteiger charge is -2.31. The molecule has 8 heteroatoms. The zero-order valence-corrected chi connectivity index (χ0v) is 16.4. The number of rotatable bonds is 4. The SMILES string of the molecule is CNC(=O)c1cnc(Cl)cc1N[C@H]1CC[C@@H](NC(=O)OC(C)(C)C)CC1. The number of pyridine rings is 1. The van der Waals surface area contributed by atoms with Gasteiger partial charge in [-0.05, 0) is 52.5 Å². The number of alkyl carbamates (subject to hydrolysis) is 1. The summed E-state index contributed by atoms with van der Waals surface area (Å²) in [6.45, 7) is 5.53.